The molecule has 1 amide bonds. The maximum Gasteiger partial charge on any atom is 0.258 e. The van der Waals surface area contributed by atoms with Gasteiger partial charge in [-0.05, 0) is 49.2 Å². The number of rotatable bonds is 6. The highest BCUT2D eigenvalue weighted by Gasteiger charge is 2.11. The summed E-state index contributed by atoms with van der Waals surface area (Å²) in [6, 6.07) is 15.9. The van der Waals surface area contributed by atoms with Gasteiger partial charge in [0.25, 0.3) is 5.91 Å². The number of ether oxygens (including phenoxy) is 1. The van der Waals surface area contributed by atoms with E-state index >= 15 is 0 Å². The second kappa shape index (κ2) is 7.66. The van der Waals surface area contributed by atoms with Crippen molar-refractivity contribution in [2.75, 3.05) is 6.61 Å². The summed E-state index contributed by atoms with van der Waals surface area (Å²) in [6.07, 6.45) is 0. The van der Waals surface area contributed by atoms with Gasteiger partial charge >= 0.3 is 0 Å². The van der Waals surface area contributed by atoms with E-state index in [1.54, 1.807) is 11.3 Å². The van der Waals surface area contributed by atoms with Crippen molar-refractivity contribution in [2.45, 2.75) is 26.8 Å². The number of benzene rings is 2. The molecule has 4 nitrogen and oxygen atoms in total. The molecule has 3 aromatic rings. The van der Waals surface area contributed by atoms with Crippen LogP contribution in [-0.2, 0) is 4.79 Å². The molecule has 0 saturated carbocycles. The largest absolute Gasteiger partial charge is 0.484 e. The number of amides is 1. The summed E-state index contributed by atoms with van der Waals surface area (Å²) in [5.41, 5.74) is 2.06. The molecule has 0 aliphatic heterocycles. The molecule has 0 fully saturated rings. The van der Waals surface area contributed by atoms with Gasteiger partial charge in [0.2, 0.25) is 0 Å². The number of aromatic nitrogens is 1. The van der Waals surface area contributed by atoms with Gasteiger partial charge in [-0.15, -0.1) is 11.3 Å². The second-order valence-electron chi connectivity index (χ2n) is 6.40. The van der Waals surface area contributed by atoms with Crippen molar-refractivity contribution in [1.82, 2.24) is 10.3 Å². The van der Waals surface area contributed by atoms with Crippen LogP contribution in [-0.4, -0.2) is 23.5 Å². The van der Waals surface area contributed by atoms with Crippen molar-refractivity contribution in [1.29, 1.82) is 0 Å². The summed E-state index contributed by atoms with van der Waals surface area (Å²) < 4.78 is 6.74. The zero-order valence-electron chi connectivity index (χ0n) is 14.7. The van der Waals surface area contributed by atoms with Gasteiger partial charge in [-0.2, -0.15) is 0 Å². The van der Waals surface area contributed by atoms with Crippen LogP contribution in [0.25, 0.3) is 20.8 Å². The Kier molecular flexibility index (Phi) is 5.34. The van der Waals surface area contributed by atoms with Crippen molar-refractivity contribution in [2.24, 2.45) is 5.92 Å². The summed E-state index contributed by atoms with van der Waals surface area (Å²) in [5, 5.41) is 3.91. The number of hydrogen-bond acceptors (Lipinski definition) is 4. The first-order valence-electron chi connectivity index (χ1n) is 8.41. The Labute approximate surface area is 151 Å². The lowest BCUT2D eigenvalue weighted by molar-refractivity contribution is -0.124. The number of carbonyl (C=O) groups is 1. The molecular weight excluding hydrogens is 332 g/mol. The topological polar surface area (TPSA) is 51.2 Å². The molecule has 0 radical (unpaired) electrons. The number of nitrogens with one attached hydrogen (secondary N) is 1. The molecule has 0 aliphatic rings. The zero-order chi connectivity index (χ0) is 17.8. The normalized spacial score (nSPS) is 12.3. The Hall–Kier alpha value is -2.40. The van der Waals surface area contributed by atoms with Crippen LogP contribution >= 0.6 is 11.3 Å². The predicted molar refractivity (Wildman–Crippen MR) is 103 cm³/mol. The van der Waals surface area contributed by atoms with Crippen molar-refractivity contribution in [3.05, 3.63) is 48.5 Å². The lowest BCUT2D eigenvalue weighted by Crippen LogP contribution is -2.38. The van der Waals surface area contributed by atoms with Crippen molar-refractivity contribution in [3.8, 4) is 16.3 Å². The van der Waals surface area contributed by atoms with Gasteiger partial charge in [0.15, 0.2) is 6.61 Å². The summed E-state index contributed by atoms with van der Waals surface area (Å²) in [7, 11) is 0. The van der Waals surface area contributed by atoms with Crippen molar-refractivity contribution in [3.63, 3.8) is 0 Å². The van der Waals surface area contributed by atoms with E-state index in [1.807, 2.05) is 49.4 Å². The molecule has 1 aromatic heterocycles. The minimum Gasteiger partial charge on any atom is -0.484 e. The smallest absolute Gasteiger partial charge is 0.258 e. The highest BCUT2D eigenvalue weighted by molar-refractivity contribution is 7.21. The maximum absolute atomic E-state index is 11.9. The number of para-hydroxylation sites is 1. The molecule has 2 aromatic carbocycles. The van der Waals surface area contributed by atoms with Crippen LogP contribution in [0, 0.1) is 5.92 Å². The standard InChI is InChI=1S/C20H22N2O2S/c1-13(2)14(3)21-19(23)12-24-16-10-8-15(9-11-16)20-22-17-6-4-5-7-18(17)25-20/h4-11,13-14H,12H2,1-3H3,(H,21,23)/t14-/m0/s1. The van der Waals surface area contributed by atoms with Crippen LogP contribution in [0.4, 0.5) is 0 Å². The fraction of sp³-hybridized carbons (Fsp3) is 0.300. The molecule has 1 heterocycles. The van der Waals surface area contributed by atoms with E-state index < -0.39 is 0 Å². The average molecular weight is 354 g/mol. The Morgan fingerprint density at radius 1 is 1.12 bits per heavy atom. The number of hydrogen-bond donors (Lipinski definition) is 1. The van der Waals surface area contributed by atoms with Gasteiger partial charge in [0.1, 0.15) is 10.8 Å². The number of carbonyl (C=O) groups excluding carboxylic acids is 1. The van der Waals surface area contributed by atoms with Crippen LogP contribution in [0.15, 0.2) is 48.5 Å². The lowest BCUT2D eigenvalue weighted by Gasteiger charge is -2.17. The molecule has 3 rings (SSSR count). The van der Waals surface area contributed by atoms with Crippen molar-refractivity contribution >= 4 is 27.5 Å². The minimum absolute atomic E-state index is 0.0253. The van der Waals surface area contributed by atoms with Gasteiger partial charge in [-0.1, -0.05) is 26.0 Å². The van der Waals surface area contributed by atoms with Gasteiger partial charge in [-0.3, -0.25) is 4.79 Å². The van der Waals surface area contributed by atoms with Crippen LogP contribution in [0.2, 0.25) is 0 Å². The zero-order valence-corrected chi connectivity index (χ0v) is 15.5. The van der Waals surface area contributed by atoms with E-state index in [0.29, 0.717) is 11.7 Å². The number of thiazole rings is 1. The molecule has 0 unspecified atom stereocenters. The lowest BCUT2D eigenvalue weighted by atomic mass is 10.1. The third-order valence-corrected chi connectivity index (χ3v) is 5.24. The molecule has 0 bridgehead atoms. The molecule has 130 valence electrons. The first-order valence-corrected chi connectivity index (χ1v) is 9.23. The fourth-order valence-corrected chi connectivity index (χ4v) is 3.27. The SMILES string of the molecule is CC(C)[C@H](C)NC(=O)COc1ccc(-c2nc3ccccc3s2)cc1. The predicted octanol–water partition coefficient (Wildman–Crippen LogP) is 4.50. The molecule has 5 heteroatoms. The van der Waals surface area contributed by atoms with E-state index in [1.165, 1.54) is 4.70 Å². The van der Waals surface area contributed by atoms with E-state index in [-0.39, 0.29) is 18.6 Å². The molecule has 0 spiro atoms. The van der Waals surface area contributed by atoms with Gasteiger partial charge in [0.05, 0.1) is 10.2 Å². The second-order valence-corrected chi connectivity index (χ2v) is 7.43. The number of fused-ring (bicyclic) bond motifs is 1. The maximum atomic E-state index is 11.9. The molecule has 1 atom stereocenters. The van der Waals surface area contributed by atoms with Crippen molar-refractivity contribution < 1.29 is 9.53 Å². The Morgan fingerprint density at radius 3 is 2.52 bits per heavy atom. The molecular formula is C20H22N2O2S. The third kappa shape index (κ3) is 4.37. The molecule has 25 heavy (non-hydrogen) atoms. The van der Waals surface area contributed by atoms with Gasteiger partial charge in [0, 0.05) is 11.6 Å². The van der Waals surface area contributed by atoms with Crippen LogP contribution in [0.5, 0.6) is 5.75 Å². The third-order valence-electron chi connectivity index (χ3n) is 4.15. The molecule has 0 aliphatic carbocycles. The number of nitrogens with zero attached hydrogens (tertiary/aromatic N) is 1. The fourth-order valence-electron chi connectivity index (χ4n) is 2.30. The van der Waals surface area contributed by atoms with Crippen LogP contribution in [0.3, 0.4) is 0 Å². The summed E-state index contributed by atoms with van der Waals surface area (Å²) in [5.74, 6) is 0.978. The monoisotopic (exact) mass is 354 g/mol. The van der Waals surface area contributed by atoms with E-state index in [2.05, 4.69) is 30.2 Å². The molecule has 1 N–H and O–H groups in total. The van der Waals surface area contributed by atoms with Gasteiger partial charge < -0.3 is 10.1 Å². The quantitative estimate of drug-likeness (QED) is 0.709. The summed E-state index contributed by atoms with van der Waals surface area (Å²) in [4.78, 5) is 16.5. The summed E-state index contributed by atoms with van der Waals surface area (Å²) in [6.45, 7) is 6.17. The van der Waals surface area contributed by atoms with E-state index in [4.69, 9.17) is 4.74 Å². The molecule has 0 saturated heterocycles. The average Bonchev–Trinajstić information content (AvgIpc) is 3.04. The van der Waals surface area contributed by atoms with Gasteiger partial charge in [-0.25, -0.2) is 4.98 Å². The minimum atomic E-state index is -0.101. The highest BCUT2D eigenvalue weighted by atomic mass is 32.1. The first-order chi connectivity index (χ1) is 12.0. The Bertz CT molecular complexity index is 823. The Balaban J connectivity index is 1.61. The summed E-state index contributed by atoms with van der Waals surface area (Å²) >= 11 is 1.67. The van der Waals surface area contributed by atoms with E-state index in [0.717, 1.165) is 16.1 Å². The van der Waals surface area contributed by atoms with Crippen LogP contribution in [0.1, 0.15) is 20.8 Å². The first kappa shape index (κ1) is 17.4. The Morgan fingerprint density at radius 2 is 1.84 bits per heavy atom. The van der Waals surface area contributed by atoms with E-state index in [9.17, 15) is 4.79 Å². The highest BCUT2D eigenvalue weighted by Crippen LogP contribution is 2.30. The van der Waals surface area contributed by atoms with Crippen LogP contribution < -0.4 is 10.1 Å².